The highest BCUT2D eigenvalue weighted by Crippen LogP contribution is 2.27. The van der Waals surface area contributed by atoms with E-state index < -0.39 is 5.91 Å². The van der Waals surface area contributed by atoms with Gasteiger partial charge in [0.25, 0.3) is 5.91 Å². The molecule has 112 valence electrons. The largest absolute Gasteiger partial charge is 0.448 e. The lowest BCUT2D eigenvalue weighted by Crippen LogP contribution is -2.13. The van der Waals surface area contributed by atoms with Crippen molar-refractivity contribution in [2.75, 3.05) is 11.1 Å². The summed E-state index contributed by atoms with van der Waals surface area (Å²) in [6, 6.07) is 8.84. The van der Waals surface area contributed by atoms with E-state index in [0.717, 1.165) is 11.3 Å². The van der Waals surface area contributed by atoms with Crippen LogP contribution in [0.1, 0.15) is 9.67 Å². The molecule has 0 aliphatic heterocycles. The van der Waals surface area contributed by atoms with Crippen molar-refractivity contribution in [1.29, 1.82) is 0 Å². The van der Waals surface area contributed by atoms with E-state index in [1.54, 1.807) is 12.1 Å². The number of furan rings is 1. The summed E-state index contributed by atoms with van der Waals surface area (Å²) in [6.45, 7) is 0. The zero-order valence-electron chi connectivity index (χ0n) is 11.1. The number of halogens is 1. The van der Waals surface area contributed by atoms with E-state index in [1.165, 1.54) is 35.1 Å². The van der Waals surface area contributed by atoms with E-state index in [4.69, 9.17) is 22.4 Å². The van der Waals surface area contributed by atoms with Gasteiger partial charge < -0.3 is 15.5 Å². The highest BCUT2D eigenvalue weighted by Gasteiger charge is 2.19. The minimum atomic E-state index is -0.412. The number of nitrogens with one attached hydrogen (secondary N) is 1. The van der Waals surface area contributed by atoms with Crippen molar-refractivity contribution in [3.8, 4) is 5.88 Å². The summed E-state index contributed by atoms with van der Waals surface area (Å²) >= 11 is 6.30. The van der Waals surface area contributed by atoms with Gasteiger partial charge in [-0.25, -0.2) is 8.96 Å². The number of hydrogen-bond acceptors (Lipinski definition) is 5. The van der Waals surface area contributed by atoms with Crippen LogP contribution in [0.15, 0.2) is 47.1 Å². The highest BCUT2D eigenvalue weighted by molar-refractivity contribution is 7.73. The first-order valence-corrected chi connectivity index (χ1v) is 7.41. The molecule has 0 bridgehead atoms. The molecule has 0 spiro atoms. The van der Waals surface area contributed by atoms with Gasteiger partial charge in [0.15, 0.2) is 3.95 Å². The van der Waals surface area contributed by atoms with Gasteiger partial charge in [-0.3, -0.25) is 4.79 Å². The average molecular weight is 335 g/mol. The minimum absolute atomic E-state index is 0.199. The van der Waals surface area contributed by atoms with Gasteiger partial charge in [0.05, 0.1) is 6.26 Å². The second-order valence-corrected chi connectivity index (χ2v) is 5.97. The Hall–Kier alpha value is -2.45. The molecule has 8 heteroatoms. The van der Waals surface area contributed by atoms with Crippen LogP contribution in [-0.2, 0) is 0 Å². The third-order valence-electron chi connectivity index (χ3n) is 2.88. The van der Waals surface area contributed by atoms with Gasteiger partial charge >= 0.3 is 0 Å². The van der Waals surface area contributed by atoms with Crippen LogP contribution in [0.25, 0.3) is 5.88 Å². The molecule has 0 aliphatic carbocycles. The molecule has 0 unspecified atom stereocenters. The molecular formula is C14H10FN3O2S2. The molecule has 0 fully saturated rings. The molecule has 0 saturated heterocycles. The number of benzene rings is 1. The topological polar surface area (TPSA) is 73.2 Å². The minimum Gasteiger partial charge on any atom is -0.448 e. The number of thiazole rings is 1. The van der Waals surface area contributed by atoms with Crippen molar-refractivity contribution in [2.45, 2.75) is 0 Å². The number of amides is 1. The van der Waals surface area contributed by atoms with Gasteiger partial charge in [0.1, 0.15) is 16.5 Å². The summed E-state index contributed by atoms with van der Waals surface area (Å²) in [6.07, 6.45) is 1.49. The van der Waals surface area contributed by atoms with Crippen LogP contribution in [0.3, 0.4) is 0 Å². The standard InChI is InChI=1S/C14H10FN3O2S2/c15-8-3-5-9(6-4-8)17-13(19)11-12(16)18(14(21)22-11)10-2-1-7-20-10/h1-7H,16H2,(H,17,19). The Balaban J connectivity index is 1.92. The number of nitrogens with zero attached hydrogens (tertiary/aromatic N) is 1. The normalized spacial score (nSPS) is 10.6. The Morgan fingerprint density at radius 3 is 2.68 bits per heavy atom. The predicted molar refractivity (Wildman–Crippen MR) is 85.5 cm³/mol. The lowest BCUT2D eigenvalue weighted by molar-refractivity contribution is 0.103. The van der Waals surface area contributed by atoms with Crippen LogP contribution >= 0.6 is 23.6 Å². The lowest BCUT2D eigenvalue weighted by Gasteiger charge is -2.05. The van der Waals surface area contributed by atoms with Gasteiger partial charge in [0, 0.05) is 11.8 Å². The molecular weight excluding hydrogens is 325 g/mol. The fourth-order valence-electron chi connectivity index (χ4n) is 1.87. The molecule has 0 saturated carbocycles. The number of nitrogens with two attached hydrogens (primary N) is 1. The van der Waals surface area contributed by atoms with Crippen molar-refractivity contribution >= 4 is 41.0 Å². The molecule has 0 atom stereocenters. The number of carbonyl (C=O) groups is 1. The number of aromatic nitrogens is 1. The van der Waals surface area contributed by atoms with E-state index in [1.807, 2.05) is 0 Å². The highest BCUT2D eigenvalue weighted by atomic mass is 32.1. The first-order valence-electron chi connectivity index (χ1n) is 6.18. The quantitative estimate of drug-likeness (QED) is 0.713. The van der Waals surface area contributed by atoms with Crippen LogP contribution in [0, 0.1) is 9.77 Å². The third kappa shape index (κ3) is 2.66. The monoisotopic (exact) mass is 335 g/mol. The molecule has 5 nitrogen and oxygen atoms in total. The number of anilines is 2. The number of rotatable bonds is 3. The molecule has 2 heterocycles. The Kier molecular flexibility index (Phi) is 3.78. The summed E-state index contributed by atoms with van der Waals surface area (Å²) in [7, 11) is 0. The summed E-state index contributed by atoms with van der Waals surface area (Å²) < 4.78 is 20.0. The molecule has 1 amide bonds. The van der Waals surface area contributed by atoms with E-state index in [-0.39, 0.29) is 16.5 Å². The van der Waals surface area contributed by atoms with Gasteiger partial charge in [-0.05, 0) is 42.5 Å². The maximum Gasteiger partial charge on any atom is 0.269 e. The summed E-state index contributed by atoms with van der Waals surface area (Å²) in [4.78, 5) is 12.6. The van der Waals surface area contributed by atoms with Crippen molar-refractivity contribution < 1.29 is 13.6 Å². The fraction of sp³-hybridized carbons (Fsp3) is 0. The number of hydrogen-bond donors (Lipinski definition) is 2. The Bertz CT molecular complexity index is 867. The Labute approximate surface area is 133 Å². The Morgan fingerprint density at radius 2 is 2.05 bits per heavy atom. The first kappa shape index (κ1) is 14.5. The second kappa shape index (κ2) is 5.74. The summed E-state index contributed by atoms with van der Waals surface area (Å²) in [5.74, 6) is -0.146. The summed E-state index contributed by atoms with van der Waals surface area (Å²) in [5.41, 5.74) is 6.47. The third-order valence-corrected chi connectivity index (χ3v) is 4.27. The Morgan fingerprint density at radius 1 is 1.32 bits per heavy atom. The van der Waals surface area contributed by atoms with Crippen LogP contribution in [-0.4, -0.2) is 10.5 Å². The zero-order chi connectivity index (χ0) is 15.7. The van der Waals surface area contributed by atoms with E-state index in [2.05, 4.69) is 5.32 Å². The fourth-order valence-corrected chi connectivity index (χ4v) is 3.11. The maximum absolute atomic E-state index is 12.9. The van der Waals surface area contributed by atoms with E-state index in [9.17, 15) is 9.18 Å². The maximum atomic E-state index is 12.9. The lowest BCUT2D eigenvalue weighted by atomic mass is 10.3. The zero-order valence-corrected chi connectivity index (χ0v) is 12.7. The van der Waals surface area contributed by atoms with Gasteiger partial charge in [0.2, 0.25) is 5.88 Å². The molecule has 3 rings (SSSR count). The van der Waals surface area contributed by atoms with Crippen LogP contribution < -0.4 is 11.1 Å². The molecule has 3 N–H and O–H groups in total. The smallest absolute Gasteiger partial charge is 0.269 e. The van der Waals surface area contributed by atoms with Crippen molar-refractivity contribution in [1.82, 2.24) is 4.57 Å². The van der Waals surface area contributed by atoms with E-state index in [0.29, 0.717) is 15.5 Å². The summed E-state index contributed by atoms with van der Waals surface area (Å²) in [5, 5.41) is 2.65. The number of nitrogen functional groups attached to an aromatic ring is 1. The molecule has 1 aromatic carbocycles. The van der Waals surface area contributed by atoms with E-state index >= 15 is 0 Å². The SMILES string of the molecule is Nc1c(C(=O)Nc2ccc(F)cc2)sc(=S)n1-c1ccco1. The van der Waals surface area contributed by atoms with Crippen molar-refractivity contribution in [2.24, 2.45) is 0 Å². The number of carbonyl (C=O) groups excluding carboxylic acids is 1. The van der Waals surface area contributed by atoms with Crippen LogP contribution in [0.4, 0.5) is 15.9 Å². The van der Waals surface area contributed by atoms with Crippen molar-refractivity contribution in [3.63, 3.8) is 0 Å². The van der Waals surface area contributed by atoms with Gasteiger partial charge in [-0.1, -0.05) is 11.3 Å². The predicted octanol–water partition coefficient (Wildman–Crippen LogP) is 3.83. The van der Waals surface area contributed by atoms with Gasteiger partial charge in [-0.2, -0.15) is 0 Å². The average Bonchev–Trinajstić information content (AvgIpc) is 3.09. The second-order valence-electron chi connectivity index (χ2n) is 4.33. The van der Waals surface area contributed by atoms with Crippen molar-refractivity contribution in [3.05, 3.63) is 57.3 Å². The molecule has 3 aromatic rings. The van der Waals surface area contributed by atoms with Gasteiger partial charge in [-0.15, -0.1) is 0 Å². The molecule has 22 heavy (non-hydrogen) atoms. The molecule has 0 aliphatic rings. The first-order chi connectivity index (χ1) is 10.6. The van der Waals surface area contributed by atoms with Crippen LogP contribution in [0.5, 0.6) is 0 Å². The molecule has 2 aromatic heterocycles. The molecule has 0 radical (unpaired) electrons. The van der Waals surface area contributed by atoms with Crippen LogP contribution in [0.2, 0.25) is 0 Å².